The van der Waals surface area contributed by atoms with Crippen molar-refractivity contribution in [3.05, 3.63) is 0 Å². The van der Waals surface area contributed by atoms with E-state index in [-0.39, 0.29) is 6.04 Å². The fraction of sp³-hybridized carbons (Fsp3) is 0.929. The van der Waals surface area contributed by atoms with Crippen LogP contribution in [-0.2, 0) is 4.79 Å². The van der Waals surface area contributed by atoms with E-state index in [4.69, 9.17) is 0 Å². The number of amides is 1. The molecule has 1 aliphatic carbocycles. The lowest BCUT2D eigenvalue weighted by molar-refractivity contribution is -0.138. The summed E-state index contributed by atoms with van der Waals surface area (Å²) >= 11 is 0. The fourth-order valence-corrected chi connectivity index (χ4v) is 3.28. The minimum Gasteiger partial charge on any atom is -0.339 e. The first-order valence-corrected chi connectivity index (χ1v) is 7.49. The average molecular weight is 253 g/mol. The van der Waals surface area contributed by atoms with Gasteiger partial charge in [0.2, 0.25) is 5.91 Å². The first-order chi connectivity index (χ1) is 8.74. The van der Waals surface area contributed by atoms with Gasteiger partial charge in [-0.15, -0.1) is 0 Å². The summed E-state index contributed by atoms with van der Waals surface area (Å²) in [5.41, 5.74) is 0. The molecule has 2 fully saturated rings. The number of nitrogens with one attached hydrogen (secondary N) is 1. The average Bonchev–Trinajstić information content (AvgIpc) is 2.93. The monoisotopic (exact) mass is 253 g/mol. The molecule has 0 aromatic rings. The summed E-state index contributed by atoms with van der Waals surface area (Å²) in [4.78, 5) is 17.1. The number of hydrogen-bond acceptors (Lipinski definition) is 3. The van der Waals surface area contributed by atoms with Crippen LogP contribution in [0.5, 0.6) is 0 Å². The van der Waals surface area contributed by atoms with Gasteiger partial charge < -0.3 is 10.2 Å². The lowest BCUT2D eigenvalue weighted by Gasteiger charge is -2.37. The van der Waals surface area contributed by atoms with Crippen molar-refractivity contribution in [2.24, 2.45) is 0 Å². The number of piperazine rings is 1. The highest BCUT2D eigenvalue weighted by molar-refractivity contribution is 5.81. The van der Waals surface area contributed by atoms with Crippen molar-refractivity contribution in [3.8, 4) is 0 Å². The maximum Gasteiger partial charge on any atom is 0.239 e. The van der Waals surface area contributed by atoms with Crippen LogP contribution in [0.2, 0.25) is 0 Å². The Hall–Kier alpha value is -0.610. The van der Waals surface area contributed by atoms with Gasteiger partial charge in [0.15, 0.2) is 0 Å². The Morgan fingerprint density at radius 2 is 1.94 bits per heavy atom. The molecule has 1 saturated heterocycles. The van der Waals surface area contributed by atoms with Gasteiger partial charge in [-0.1, -0.05) is 12.8 Å². The third-order valence-electron chi connectivity index (χ3n) is 4.45. The second-order valence-electron chi connectivity index (χ2n) is 5.52. The van der Waals surface area contributed by atoms with Crippen molar-refractivity contribution in [1.82, 2.24) is 15.1 Å². The van der Waals surface area contributed by atoms with Crippen LogP contribution < -0.4 is 5.32 Å². The van der Waals surface area contributed by atoms with Gasteiger partial charge in [-0.25, -0.2) is 0 Å². The first kappa shape index (κ1) is 13.8. The SMILES string of the molecule is CCN(C(=O)C(C)N1CCNCC1)C1CCCC1. The predicted octanol–water partition coefficient (Wildman–Crippen LogP) is 1.07. The van der Waals surface area contributed by atoms with E-state index >= 15 is 0 Å². The number of carbonyl (C=O) groups is 1. The Bertz CT molecular complexity index is 270. The molecule has 1 aliphatic heterocycles. The molecule has 1 atom stereocenters. The maximum absolute atomic E-state index is 12.6. The van der Waals surface area contributed by atoms with E-state index in [0.717, 1.165) is 32.7 Å². The number of likely N-dealkylation sites (N-methyl/N-ethyl adjacent to an activating group) is 1. The highest BCUT2D eigenvalue weighted by atomic mass is 16.2. The lowest BCUT2D eigenvalue weighted by atomic mass is 10.1. The van der Waals surface area contributed by atoms with Crippen LogP contribution in [0, 0.1) is 0 Å². The van der Waals surface area contributed by atoms with Gasteiger partial charge in [-0.05, 0) is 26.7 Å². The quantitative estimate of drug-likeness (QED) is 0.814. The molecule has 18 heavy (non-hydrogen) atoms. The Morgan fingerprint density at radius 3 is 2.50 bits per heavy atom. The molecule has 104 valence electrons. The number of carbonyl (C=O) groups excluding carboxylic acids is 1. The van der Waals surface area contributed by atoms with Gasteiger partial charge in [0, 0.05) is 38.8 Å². The summed E-state index contributed by atoms with van der Waals surface area (Å²) in [7, 11) is 0. The largest absolute Gasteiger partial charge is 0.339 e. The topological polar surface area (TPSA) is 35.6 Å². The molecule has 0 aromatic heterocycles. The molecule has 0 spiro atoms. The first-order valence-electron chi connectivity index (χ1n) is 7.49. The molecule has 1 amide bonds. The van der Waals surface area contributed by atoms with Crippen LogP contribution in [0.25, 0.3) is 0 Å². The molecular formula is C14H27N3O. The van der Waals surface area contributed by atoms with Crippen molar-refractivity contribution in [1.29, 1.82) is 0 Å². The van der Waals surface area contributed by atoms with Gasteiger partial charge in [-0.2, -0.15) is 0 Å². The fourth-order valence-electron chi connectivity index (χ4n) is 3.28. The van der Waals surface area contributed by atoms with Crippen molar-refractivity contribution < 1.29 is 4.79 Å². The van der Waals surface area contributed by atoms with Gasteiger partial charge >= 0.3 is 0 Å². The van der Waals surface area contributed by atoms with Crippen LogP contribution in [0.15, 0.2) is 0 Å². The van der Waals surface area contributed by atoms with E-state index in [1.165, 1.54) is 25.7 Å². The van der Waals surface area contributed by atoms with Crippen LogP contribution in [0.3, 0.4) is 0 Å². The molecule has 1 N–H and O–H groups in total. The molecule has 0 radical (unpaired) electrons. The van der Waals surface area contributed by atoms with E-state index in [1.807, 2.05) is 0 Å². The molecule has 1 unspecified atom stereocenters. The minimum absolute atomic E-state index is 0.0487. The van der Waals surface area contributed by atoms with Crippen LogP contribution in [0.1, 0.15) is 39.5 Å². The summed E-state index contributed by atoms with van der Waals surface area (Å²) in [5, 5.41) is 3.34. The number of rotatable bonds is 4. The van der Waals surface area contributed by atoms with E-state index in [9.17, 15) is 4.79 Å². The minimum atomic E-state index is 0.0487. The molecule has 2 rings (SSSR count). The molecular weight excluding hydrogens is 226 g/mol. The molecule has 4 nitrogen and oxygen atoms in total. The zero-order valence-corrected chi connectivity index (χ0v) is 11.8. The van der Waals surface area contributed by atoms with Gasteiger partial charge in [0.1, 0.15) is 0 Å². The van der Waals surface area contributed by atoms with Crippen molar-refractivity contribution in [3.63, 3.8) is 0 Å². The molecule has 2 aliphatic rings. The number of hydrogen-bond donors (Lipinski definition) is 1. The second-order valence-corrected chi connectivity index (χ2v) is 5.52. The summed E-state index contributed by atoms with van der Waals surface area (Å²) in [6.07, 6.45) is 4.98. The van der Waals surface area contributed by atoms with Crippen molar-refractivity contribution >= 4 is 5.91 Å². The second kappa shape index (κ2) is 6.53. The van der Waals surface area contributed by atoms with Crippen LogP contribution in [-0.4, -0.2) is 60.5 Å². The zero-order valence-electron chi connectivity index (χ0n) is 11.8. The normalized spacial score (nSPS) is 24.1. The lowest BCUT2D eigenvalue weighted by Crippen LogP contribution is -2.54. The van der Waals surface area contributed by atoms with Gasteiger partial charge in [-0.3, -0.25) is 9.69 Å². The van der Waals surface area contributed by atoms with Crippen molar-refractivity contribution in [2.75, 3.05) is 32.7 Å². The molecule has 0 bridgehead atoms. The summed E-state index contributed by atoms with van der Waals surface area (Å²) < 4.78 is 0. The number of nitrogens with zero attached hydrogens (tertiary/aromatic N) is 2. The Morgan fingerprint density at radius 1 is 1.33 bits per heavy atom. The molecule has 4 heteroatoms. The summed E-state index contributed by atoms with van der Waals surface area (Å²) in [6.45, 7) is 9.05. The third-order valence-corrected chi connectivity index (χ3v) is 4.45. The summed E-state index contributed by atoms with van der Waals surface area (Å²) in [5.74, 6) is 0.339. The Balaban J connectivity index is 1.94. The maximum atomic E-state index is 12.6. The third kappa shape index (κ3) is 3.04. The Kier molecular flexibility index (Phi) is 5.01. The van der Waals surface area contributed by atoms with Crippen molar-refractivity contribution in [2.45, 2.75) is 51.6 Å². The van der Waals surface area contributed by atoms with Crippen LogP contribution >= 0.6 is 0 Å². The van der Waals surface area contributed by atoms with Gasteiger partial charge in [0.25, 0.3) is 0 Å². The van der Waals surface area contributed by atoms with E-state index < -0.39 is 0 Å². The standard InChI is InChI=1S/C14H27N3O/c1-3-17(13-6-4-5-7-13)14(18)12(2)16-10-8-15-9-11-16/h12-13,15H,3-11H2,1-2H3. The highest BCUT2D eigenvalue weighted by Gasteiger charge is 2.31. The van der Waals surface area contributed by atoms with E-state index in [2.05, 4.69) is 29.0 Å². The highest BCUT2D eigenvalue weighted by Crippen LogP contribution is 2.24. The molecule has 1 heterocycles. The van der Waals surface area contributed by atoms with Gasteiger partial charge in [0.05, 0.1) is 6.04 Å². The smallest absolute Gasteiger partial charge is 0.239 e. The van der Waals surface area contributed by atoms with E-state index in [1.54, 1.807) is 0 Å². The Labute approximate surface area is 111 Å². The molecule has 0 aromatic carbocycles. The predicted molar refractivity (Wildman–Crippen MR) is 73.5 cm³/mol. The van der Waals surface area contributed by atoms with Crippen LogP contribution in [0.4, 0.5) is 0 Å². The molecule has 1 saturated carbocycles. The summed E-state index contributed by atoms with van der Waals surface area (Å²) in [6, 6.07) is 0.556. The zero-order chi connectivity index (χ0) is 13.0. The van der Waals surface area contributed by atoms with E-state index in [0.29, 0.717) is 11.9 Å².